The molecule has 1 fully saturated rings. The molecule has 3 N–H and O–H groups in total. The Balaban J connectivity index is 1.33. The van der Waals surface area contributed by atoms with Crippen LogP contribution in [0.25, 0.3) is 0 Å². The molecule has 0 aromatic carbocycles. The van der Waals surface area contributed by atoms with Crippen LogP contribution >= 0.6 is 11.3 Å². The monoisotopic (exact) mass is 347 g/mol. The van der Waals surface area contributed by atoms with Gasteiger partial charge in [-0.15, -0.1) is 21.5 Å². The van der Waals surface area contributed by atoms with Crippen LogP contribution in [0.4, 0.5) is 5.13 Å². The molecule has 1 unspecified atom stereocenters. The van der Waals surface area contributed by atoms with E-state index in [9.17, 15) is 9.59 Å². The Kier molecular flexibility index (Phi) is 3.68. The molecule has 0 radical (unpaired) electrons. The number of anilines is 1. The predicted molar refractivity (Wildman–Crippen MR) is 86.4 cm³/mol. The Labute approximate surface area is 141 Å². The van der Waals surface area contributed by atoms with Gasteiger partial charge < -0.3 is 20.5 Å². The first-order valence-corrected chi connectivity index (χ1v) is 8.69. The Hall–Kier alpha value is -2.49. The van der Waals surface area contributed by atoms with E-state index in [4.69, 9.17) is 5.73 Å². The van der Waals surface area contributed by atoms with Crippen LogP contribution in [0.5, 0.6) is 0 Å². The molecule has 24 heavy (non-hydrogen) atoms. The minimum absolute atomic E-state index is 0.0478. The number of rotatable bonds is 3. The van der Waals surface area contributed by atoms with E-state index in [0.29, 0.717) is 23.9 Å². The summed E-state index contributed by atoms with van der Waals surface area (Å²) in [5, 5.41) is 12.8. The fraction of sp³-hybridized carbons (Fsp3) is 0.500. The summed E-state index contributed by atoms with van der Waals surface area (Å²) >= 11 is 1.23. The first-order valence-electron chi connectivity index (χ1n) is 7.81. The number of aromatic nitrogens is 4. The van der Waals surface area contributed by atoms with E-state index in [0.717, 1.165) is 25.1 Å². The summed E-state index contributed by atoms with van der Waals surface area (Å²) < 4.78 is 1.87. The quantitative estimate of drug-likeness (QED) is 0.796. The summed E-state index contributed by atoms with van der Waals surface area (Å²) in [6, 6.07) is -0.271. The highest BCUT2D eigenvalue weighted by Crippen LogP contribution is 2.26. The summed E-state index contributed by atoms with van der Waals surface area (Å²) in [4.78, 5) is 30.4. The van der Waals surface area contributed by atoms with Crippen LogP contribution in [0.2, 0.25) is 0 Å². The number of carbonyl (C=O) groups excluding carboxylic acids is 2. The summed E-state index contributed by atoms with van der Waals surface area (Å²) in [5.74, 6) is 0.684. The van der Waals surface area contributed by atoms with Gasteiger partial charge in [0.1, 0.15) is 23.9 Å². The zero-order chi connectivity index (χ0) is 16.7. The van der Waals surface area contributed by atoms with Gasteiger partial charge in [-0.25, -0.2) is 4.98 Å². The van der Waals surface area contributed by atoms with E-state index in [1.54, 1.807) is 16.6 Å². The lowest BCUT2D eigenvalue weighted by Crippen LogP contribution is -2.62. The summed E-state index contributed by atoms with van der Waals surface area (Å²) in [6.07, 6.45) is 4.23. The van der Waals surface area contributed by atoms with Gasteiger partial charge in [0, 0.05) is 24.9 Å². The molecule has 0 spiro atoms. The van der Waals surface area contributed by atoms with Crippen molar-refractivity contribution in [3.63, 3.8) is 0 Å². The van der Waals surface area contributed by atoms with Crippen LogP contribution in [0, 0.1) is 0 Å². The van der Waals surface area contributed by atoms with Gasteiger partial charge in [-0.3, -0.25) is 9.59 Å². The van der Waals surface area contributed by atoms with Gasteiger partial charge in [0.25, 0.3) is 5.91 Å². The summed E-state index contributed by atoms with van der Waals surface area (Å²) in [5.41, 5.74) is 5.85. The molecule has 2 aromatic rings. The van der Waals surface area contributed by atoms with Crippen molar-refractivity contribution in [1.29, 1.82) is 0 Å². The number of nitrogen functional groups attached to an aromatic ring is 1. The van der Waals surface area contributed by atoms with Crippen LogP contribution in [-0.2, 0) is 11.2 Å². The number of nitrogens with one attached hydrogen (secondary N) is 1. The van der Waals surface area contributed by atoms with Crippen molar-refractivity contribution in [3.8, 4) is 0 Å². The van der Waals surface area contributed by atoms with E-state index < -0.39 is 0 Å². The number of carbonyl (C=O) groups is 2. The lowest BCUT2D eigenvalue weighted by atomic mass is 10.0. The van der Waals surface area contributed by atoms with Crippen molar-refractivity contribution in [1.82, 2.24) is 30.0 Å². The fourth-order valence-corrected chi connectivity index (χ4v) is 3.70. The fourth-order valence-electron chi connectivity index (χ4n) is 3.15. The number of hydrogen-bond donors (Lipinski definition) is 2. The van der Waals surface area contributed by atoms with Crippen molar-refractivity contribution in [2.75, 3.05) is 18.8 Å². The van der Waals surface area contributed by atoms with Gasteiger partial charge in [-0.1, -0.05) is 0 Å². The molecule has 0 aliphatic carbocycles. The highest BCUT2D eigenvalue weighted by molar-refractivity contribution is 7.13. The minimum Gasteiger partial charge on any atom is -0.375 e. The largest absolute Gasteiger partial charge is 0.375 e. The van der Waals surface area contributed by atoms with E-state index in [1.807, 2.05) is 4.57 Å². The van der Waals surface area contributed by atoms with E-state index in [2.05, 4.69) is 20.5 Å². The molecule has 4 rings (SSSR count). The van der Waals surface area contributed by atoms with Gasteiger partial charge in [-0.05, 0) is 12.8 Å². The number of nitrogens with zero attached hydrogens (tertiary/aromatic N) is 5. The van der Waals surface area contributed by atoms with Crippen molar-refractivity contribution >= 4 is 28.3 Å². The number of thiazole rings is 1. The Bertz CT molecular complexity index is 780. The maximum atomic E-state index is 12.7. The molecular weight excluding hydrogens is 330 g/mol. The standard InChI is InChI=1S/C14H17N7O2S/c15-14-18-9(6-24-14)12(22)17-8-4-20(5-8)13(23)10-2-1-3-11-19-16-7-21(10)11/h6-8,10H,1-5H2,(H2,15,18)(H,17,22). The second kappa shape index (κ2) is 5.86. The number of nitrogens with two attached hydrogens (primary N) is 1. The van der Waals surface area contributed by atoms with Gasteiger partial charge in [0.2, 0.25) is 5.91 Å². The number of hydrogen-bond acceptors (Lipinski definition) is 7. The molecule has 4 heterocycles. The molecule has 9 nitrogen and oxygen atoms in total. The zero-order valence-corrected chi connectivity index (χ0v) is 13.7. The van der Waals surface area contributed by atoms with Crippen LogP contribution < -0.4 is 11.1 Å². The topological polar surface area (TPSA) is 119 Å². The Morgan fingerprint density at radius 3 is 2.96 bits per heavy atom. The number of aryl methyl sites for hydroxylation is 1. The molecule has 126 valence electrons. The van der Waals surface area contributed by atoms with E-state index in [1.165, 1.54) is 11.3 Å². The van der Waals surface area contributed by atoms with Crippen molar-refractivity contribution < 1.29 is 9.59 Å². The van der Waals surface area contributed by atoms with Gasteiger partial charge in [-0.2, -0.15) is 0 Å². The zero-order valence-electron chi connectivity index (χ0n) is 12.9. The van der Waals surface area contributed by atoms with Gasteiger partial charge >= 0.3 is 0 Å². The van der Waals surface area contributed by atoms with Crippen LogP contribution in [0.15, 0.2) is 11.7 Å². The number of amides is 2. The second-order valence-corrected chi connectivity index (χ2v) is 6.94. The third-order valence-electron chi connectivity index (χ3n) is 4.43. The van der Waals surface area contributed by atoms with Crippen molar-refractivity contribution in [2.45, 2.75) is 31.3 Å². The molecule has 0 bridgehead atoms. The minimum atomic E-state index is -0.251. The maximum absolute atomic E-state index is 12.7. The first kappa shape index (κ1) is 15.1. The van der Waals surface area contributed by atoms with Gasteiger partial charge in [0.05, 0.1) is 6.04 Å². The lowest BCUT2D eigenvalue weighted by molar-refractivity contribution is -0.140. The van der Waals surface area contributed by atoms with Crippen molar-refractivity contribution in [3.05, 3.63) is 23.2 Å². The predicted octanol–water partition coefficient (Wildman–Crippen LogP) is -0.165. The van der Waals surface area contributed by atoms with Crippen LogP contribution in [0.3, 0.4) is 0 Å². The Morgan fingerprint density at radius 2 is 2.21 bits per heavy atom. The average molecular weight is 347 g/mol. The van der Waals surface area contributed by atoms with Gasteiger partial charge in [0.15, 0.2) is 5.13 Å². The molecular formula is C14H17N7O2S. The molecule has 2 aromatic heterocycles. The molecule has 10 heteroatoms. The normalized spacial score (nSPS) is 20.3. The van der Waals surface area contributed by atoms with E-state index in [-0.39, 0.29) is 23.9 Å². The van der Waals surface area contributed by atoms with E-state index >= 15 is 0 Å². The SMILES string of the molecule is Nc1nc(C(=O)NC2CN(C(=O)C3CCCc4nncn43)C2)cs1. The smallest absolute Gasteiger partial charge is 0.271 e. The molecule has 2 aliphatic rings. The first-order chi connectivity index (χ1) is 11.6. The second-order valence-electron chi connectivity index (χ2n) is 6.05. The van der Waals surface area contributed by atoms with Crippen LogP contribution in [0.1, 0.15) is 35.2 Å². The maximum Gasteiger partial charge on any atom is 0.271 e. The average Bonchev–Trinajstić information content (AvgIpc) is 3.17. The third kappa shape index (κ3) is 2.62. The molecule has 0 saturated carbocycles. The molecule has 2 amide bonds. The third-order valence-corrected chi connectivity index (χ3v) is 5.10. The summed E-state index contributed by atoms with van der Waals surface area (Å²) in [6.45, 7) is 1.02. The number of fused-ring (bicyclic) bond motifs is 1. The summed E-state index contributed by atoms with van der Waals surface area (Å²) in [7, 11) is 0. The highest BCUT2D eigenvalue weighted by Gasteiger charge is 2.37. The molecule has 1 atom stereocenters. The number of likely N-dealkylation sites (tertiary alicyclic amines) is 1. The Morgan fingerprint density at radius 1 is 1.38 bits per heavy atom. The molecule has 2 aliphatic heterocycles. The molecule has 1 saturated heterocycles. The highest BCUT2D eigenvalue weighted by atomic mass is 32.1. The van der Waals surface area contributed by atoms with Crippen molar-refractivity contribution in [2.24, 2.45) is 0 Å². The lowest BCUT2D eigenvalue weighted by Gasteiger charge is -2.41. The van der Waals surface area contributed by atoms with Crippen LogP contribution in [-0.4, -0.2) is 55.6 Å².